The highest BCUT2D eigenvalue weighted by atomic mass is 16.8. The van der Waals surface area contributed by atoms with E-state index < -0.39 is 61.4 Å². The fraction of sp³-hybridized carbons (Fsp3) is 0.333. The molecule has 2 heterocycles. The predicted molar refractivity (Wildman–Crippen MR) is 257 cm³/mol. The zero-order chi connectivity index (χ0) is 46.6. The van der Waals surface area contributed by atoms with Gasteiger partial charge in [-0.1, -0.05) is 188 Å². The summed E-state index contributed by atoms with van der Waals surface area (Å²) in [6.07, 6.45) is -7.69. The zero-order valence-corrected chi connectivity index (χ0v) is 38.3. The monoisotopic (exact) mass is 922 g/mol. The van der Waals surface area contributed by atoms with Gasteiger partial charge in [-0.05, 0) is 33.4 Å². The molecule has 68 heavy (non-hydrogen) atoms. The summed E-state index contributed by atoms with van der Waals surface area (Å²) < 4.78 is 67.5. The molecule has 0 aromatic heterocycles. The van der Waals surface area contributed by atoms with Crippen LogP contribution >= 0.6 is 0 Å². The van der Waals surface area contributed by atoms with Crippen molar-refractivity contribution in [2.45, 2.75) is 101 Å². The van der Waals surface area contributed by atoms with Gasteiger partial charge in [0.15, 0.2) is 12.6 Å². The summed E-state index contributed by atoms with van der Waals surface area (Å²) in [5.41, 5.74) is 5.74. The van der Waals surface area contributed by atoms with Crippen LogP contribution in [0.5, 0.6) is 0 Å². The number of ether oxygens (including phenoxy) is 10. The number of rotatable bonds is 25. The summed E-state index contributed by atoms with van der Waals surface area (Å²) >= 11 is 0. The largest absolute Gasteiger partial charge is 0.387 e. The molecule has 10 atom stereocenters. The molecule has 2 aliphatic heterocycles. The summed E-state index contributed by atoms with van der Waals surface area (Å²) in [6, 6.07) is 59.3. The maximum absolute atomic E-state index is 12.3. The lowest BCUT2D eigenvalue weighted by Crippen LogP contribution is -2.66. The number of hydrogen-bond donors (Lipinski definition) is 1. The number of benzene rings is 6. The third-order valence-electron chi connectivity index (χ3n) is 11.8. The predicted octanol–water partition coefficient (Wildman–Crippen LogP) is 9.16. The van der Waals surface area contributed by atoms with Crippen LogP contribution in [0.15, 0.2) is 195 Å². The Kier molecular flexibility index (Phi) is 19.0. The maximum atomic E-state index is 12.3. The molecule has 0 spiro atoms. The minimum atomic E-state index is -1.17. The molecule has 0 aliphatic carbocycles. The summed E-state index contributed by atoms with van der Waals surface area (Å²) in [4.78, 5) is 0. The van der Waals surface area contributed by atoms with E-state index >= 15 is 0 Å². The van der Waals surface area contributed by atoms with Crippen molar-refractivity contribution in [2.24, 2.45) is 0 Å². The lowest BCUT2D eigenvalue weighted by atomic mass is 9.96. The van der Waals surface area contributed by atoms with Crippen LogP contribution < -0.4 is 0 Å². The second kappa shape index (κ2) is 26.4. The second-order valence-electron chi connectivity index (χ2n) is 16.8. The van der Waals surface area contributed by atoms with Gasteiger partial charge in [0.1, 0.15) is 48.8 Å². The topological polar surface area (TPSA) is 113 Å². The Labute approximate surface area is 400 Å². The fourth-order valence-electron chi connectivity index (χ4n) is 8.30. The first kappa shape index (κ1) is 49.1. The Morgan fingerprint density at radius 3 is 1.13 bits per heavy atom. The van der Waals surface area contributed by atoms with E-state index in [0.29, 0.717) is 13.2 Å². The van der Waals surface area contributed by atoms with Crippen molar-refractivity contribution in [2.75, 3.05) is 19.8 Å². The van der Waals surface area contributed by atoms with Gasteiger partial charge in [0.05, 0.1) is 59.5 Å². The molecule has 0 saturated carbocycles. The number of aliphatic hydroxyl groups is 1. The van der Waals surface area contributed by atoms with Crippen LogP contribution in [-0.4, -0.2) is 86.3 Å². The van der Waals surface area contributed by atoms with Crippen molar-refractivity contribution in [1.82, 2.24) is 0 Å². The normalized spacial score (nSPS) is 24.9. The first-order chi connectivity index (χ1) is 33.6. The number of hydrogen-bond acceptors (Lipinski definition) is 11. The van der Waals surface area contributed by atoms with Crippen molar-refractivity contribution >= 4 is 0 Å². The van der Waals surface area contributed by atoms with E-state index in [1.807, 2.05) is 182 Å². The molecular formula is C57H62O11. The SMILES string of the molecule is C=CCO[C@@H]1O[C@H](COCc2ccccc2)[C@@H](O[C@H]2O[C@H](COCc3ccccc3)[C@@H](O)[C@H](OCc3ccccc3)[C@H]2OCc2ccccc2)[C@H](OCc2ccccc2)[C@H]1OCc1ccccc1. The maximum Gasteiger partial charge on any atom is 0.187 e. The van der Waals surface area contributed by atoms with Gasteiger partial charge < -0.3 is 52.5 Å². The van der Waals surface area contributed by atoms with Crippen LogP contribution in [0.3, 0.4) is 0 Å². The highest BCUT2D eigenvalue weighted by molar-refractivity contribution is 5.18. The number of aliphatic hydroxyl groups excluding tert-OH is 1. The smallest absolute Gasteiger partial charge is 0.187 e. The Morgan fingerprint density at radius 1 is 0.382 bits per heavy atom. The van der Waals surface area contributed by atoms with E-state index in [2.05, 4.69) is 6.58 Å². The average molecular weight is 923 g/mol. The zero-order valence-electron chi connectivity index (χ0n) is 38.3. The Bertz CT molecular complexity index is 2290. The van der Waals surface area contributed by atoms with Gasteiger partial charge in [-0.2, -0.15) is 0 Å². The summed E-state index contributed by atoms with van der Waals surface area (Å²) in [5, 5.41) is 12.3. The Balaban J connectivity index is 1.16. The van der Waals surface area contributed by atoms with Gasteiger partial charge in [-0.3, -0.25) is 0 Å². The molecular weight excluding hydrogens is 861 g/mol. The molecule has 0 bridgehead atoms. The van der Waals surface area contributed by atoms with Crippen LogP contribution in [0.2, 0.25) is 0 Å². The minimum absolute atomic E-state index is 0.0333. The molecule has 2 saturated heterocycles. The van der Waals surface area contributed by atoms with E-state index in [4.69, 9.17) is 47.4 Å². The molecule has 1 N–H and O–H groups in total. The highest BCUT2D eigenvalue weighted by Gasteiger charge is 2.54. The standard InChI is InChI=1S/C57H62O11/c1-2-33-61-56-55(65-39-47-31-19-8-20-32-47)53(63-37-45-27-15-6-16-28-45)51(49(67-56)41-60-35-43-23-11-4-12-24-43)68-57-54(64-38-46-29-17-7-18-30-46)52(62-36-44-25-13-5-14-26-44)50(58)48(66-57)40-59-34-42-21-9-3-10-22-42/h2-32,48-58H,1,33-41H2/t48-,49-,50-,51-,52+,53+,54-,55-,56-,57-/m1/s1. The molecule has 0 amide bonds. The van der Waals surface area contributed by atoms with Crippen LogP contribution in [0.1, 0.15) is 33.4 Å². The lowest BCUT2D eigenvalue weighted by molar-refractivity contribution is -0.374. The first-order valence-corrected chi connectivity index (χ1v) is 23.3. The molecule has 2 aliphatic rings. The summed E-state index contributed by atoms with van der Waals surface area (Å²) in [7, 11) is 0. The van der Waals surface area contributed by atoms with Crippen molar-refractivity contribution in [3.8, 4) is 0 Å². The van der Waals surface area contributed by atoms with Gasteiger partial charge in [-0.25, -0.2) is 0 Å². The third kappa shape index (κ3) is 14.3. The van der Waals surface area contributed by atoms with Crippen molar-refractivity contribution in [3.63, 3.8) is 0 Å². The summed E-state index contributed by atoms with van der Waals surface area (Å²) in [5.74, 6) is 0. The molecule has 2 fully saturated rings. The van der Waals surface area contributed by atoms with Crippen LogP contribution in [0.4, 0.5) is 0 Å². The molecule has 0 radical (unpaired) electrons. The van der Waals surface area contributed by atoms with Crippen molar-refractivity contribution < 1.29 is 52.5 Å². The highest BCUT2D eigenvalue weighted by Crippen LogP contribution is 2.36. The molecule has 11 nitrogen and oxygen atoms in total. The minimum Gasteiger partial charge on any atom is -0.387 e. The Morgan fingerprint density at radius 2 is 0.721 bits per heavy atom. The molecule has 0 unspecified atom stereocenters. The Hall–Kier alpha value is -5.38. The molecule has 6 aromatic rings. The van der Waals surface area contributed by atoms with Crippen LogP contribution in [0, 0.1) is 0 Å². The second-order valence-corrected chi connectivity index (χ2v) is 16.8. The first-order valence-electron chi connectivity index (χ1n) is 23.3. The van der Waals surface area contributed by atoms with Gasteiger partial charge in [0.25, 0.3) is 0 Å². The van der Waals surface area contributed by atoms with Gasteiger partial charge >= 0.3 is 0 Å². The fourth-order valence-corrected chi connectivity index (χ4v) is 8.30. The molecule has 8 rings (SSSR count). The quantitative estimate of drug-likeness (QED) is 0.0555. The average Bonchev–Trinajstić information content (AvgIpc) is 3.39. The van der Waals surface area contributed by atoms with E-state index in [0.717, 1.165) is 33.4 Å². The lowest BCUT2D eigenvalue weighted by Gasteiger charge is -2.49. The van der Waals surface area contributed by atoms with Crippen LogP contribution in [0.25, 0.3) is 0 Å². The molecule has 11 heteroatoms. The van der Waals surface area contributed by atoms with Gasteiger partial charge in [-0.15, -0.1) is 6.58 Å². The third-order valence-corrected chi connectivity index (χ3v) is 11.8. The van der Waals surface area contributed by atoms with Gasteiger partial charge in [0.2, 0.25) is 0 Å². The van der Waals surface area contributed by atoms with E-state index in [-0.39, 0.29) is 46.2 Å². The van der Waals surface area contributed by atoms with E-state index in [9.17, 15) is 5.11 Å². The molecule has 356 valence electrons. The van der Waals surface area contributed by atoms with Crippen LogP contribution in [-0.2, 0) is 87.0 Å². The van der Waals surface area contributed by atoms with Gasteiger partial charge in [0, 0.05) is 0 Å². The summed E-state index contributed by atoms with van der Waals surface area (Å²) in [6.45, 7) is 5.69. The van der Waals surface area contributed by atoms with E-state index in [1.165, 1.54) is 0 Å². The molecule has 6 aromatic carbocycles. The van der Waals surface area contributed by atoms with Crippen molar-refractivity contribution in [3.05, 3.63) is 228 Å². The van der Waals surface area contributed by atoms with Crippen molar-refractivity contribution in [1.29, 1.82) is 0 Å². The van der Waals surface area contributed by atoms with E-state index in [1.54, 1.807) is 6.08 Å².